The molecule has 0 unspecified atom stereocenters. The molecule has 1 fully saturated rings. The molecule has 0 saturated heterocycles. The minimum absolute atomic E-state index is 0.0751. The van der Waals surface area contributed by atoms with Gasteiger partial charge in [0.2, 0.25) is 0 Å². The Labute approximate surface area is 119 Å². The summed E-state index contributed by atoms with van der Waals surface area (Å²) in [7, 11) is -1.74. The minimum atomic E-state index is -3.53. The molecule has 1 heterocycles. The first-order valence-corrected chi connectivity index (χ1v) is 8.52. The fourth-order valence-corrected chi connectivity index (χ4v) is 4.54. The van der Waals surface area contributed by atoms with Crippen molar-refractivity contribution in [1.29, 1.82) is 0 Å². The second-order valence-corrected chi connectivity index (χ2v) is 7.20. The highest BCUT2D eigenvalue weighted by Gasteiger charge is 2.34. The molecule has 7 heteroatoms. The number of nitrogens with zero attached hydrogens (tertiary/aromatic N) is 3. The summed E-state index contributed by atoms with van der Waals surface area (Å²) in [6, 6.07) is 0.0751. The van der Waals surface area contributed by atoms with Crippen LogP contribution in [0.1, 0.15) is 31.5 Å². The molecule has 0 aliphatic heterocycles. The van der Waals surface area contributed by atoms with Gasteiger partial charge < -0.3 is 4.57 Å². The lowest BCUT2D eigenvalue weighted by Crippen LogP contribution is -2.40. The van der Waals surface area contributed by atoms with Crippen LogP contribution in [-0.2, 0) is 17.1 Å². The van der Waals surface area contributed by atoms with E-state index in [1.165, 1.54) is 4.31 Å². The minimum Gasteiger partial charge on any atom is -0.337 e. The lowest BCUT2D eigenvalue weighted by molar-refractivity contribution is 0.335. The molecule has 1 aromatic rings. The van der Waals surface area contributed by atoms with E-state index in [1.54, 1.807) is 24.7 Å². The van der Waals surface area contributed by atoms with Gasteiger partial charge in [-0.1, -0.05) is 12.8 Å². The summed E-state index contributed by atoms with van der Waals surface area (Å²) in [6.45, 7) is 2.14. The summed E-state index contributed by atoms with van der Waals surface area (Å²) in [4.78, 5) is 4.15. The van der Waals surface area contributed by atoms with Gasteiger partial charge in [-0.05, 0) is 19.8 Å². The molecule has 1 aromatic heterocycles. The molecule has 0 bridgehead atoms. The predicted molar refractivity (Wildman–Crippen MR) is 74.8 cm³/mol. The average molecular weight is 306 g/mol. The Balaban J connectivity index is 2.33. The molecule has 0 spiro atoms. The molecular weight excluding hydrogens is 286 g/mol. The zero-order chi connectivity index (χ0) is 14.0. The molecule has 0 amide bonds. The van der Waals surface area contributed by atoms with Crippen molar-refractivity contribution >= 4 is 21.6 Å². The smallest absolute Gasteiger partial charge is 0.262 e. The first-order valence-electron chi connectivity index (χ1n) is 6.54. The Bertz CT molecular complexity index is 516. The van der Waals surface area contributed by atoms with Crippen molar-refractivity contribution in [2.75, 3.05) is 12.4 Å². The SMILES string of the molecule is Cc1nc(S(=O)(=O)N(CCCl)C2CCCC2)cn1C. The molecule has 2 rings (SSSR count). The normalized spacial score (nSPS) is 17.5. The molecule has 1 aliphatic rings. The lowest BCUT2D eigenvalue weighted by atomic mass is 10.2. The summed E-state index contributed by atoms with van der Waals surface area (Å²) in [6.07, 6.45) is 5.57. The number of aryl methyl sites for hydroxylation is 2. The Morgan fingerprint density at radius 1 is 1.47 bits per heavy atom. The molecular formula is C12H20ClN3O2S. The first-order chi connectivity index (χ1) is 8.96. The Kier molecular flexibility index (Phi) is 4.53. The van der Waals surface area contributed by atoms with Gasteiger partial charge in [0.1, 0.15) is 5.82 Å². The van der Waals surface area contributed by atoms with Gasteiger partial charge in [0.25, 0.3) is 10.0 Å². The van der Waals surface area contributed by atoms with Crippen LogP contribution >= 0.6 is 11.6 Å². The van der Waals surface area contributed by atoms with E-state index in [1.807, 2.05) is 0 Å². The molecule has 0 N–H and O–H groups in total. The maximum absolute atomic E-state index is 12.7. The lowest BCUT2D eigenvalue weighted by Gasteiger charge is -2.26. The number of aromatic nitrogens is 2. The van der Waals surface area contributed by atoms with Crippen LogP contribution < -0.4 is 0 Å². The third kappa shape index (κ3) is 2.95. The van der Waals surface area contributed by atoms with Gasteiger partial charge in [0, 0.05) is 31.7 Å². The van der Waals surface area contributed by atoms with Crippen molar-refractivity contribution in [3.63, 3.8) is 0 Å². The second-order valence-electron chi connectivity index (χ2n) is 4.98. The monoisotopic (exact) mass is 305 g/mol. The number of hydrogen-bond acceptors (Lipinski definition) is 3. The highest BCUT2D eigenvalue weighted by atomic mass is 35.5. The fourth-order valence-electron chi connectivity index (χ4n) is 2.55. The number of rotatable bonds is 5. The van der Waals surface area contributed by atoms with Crippen molar-refractivity contribution in [2.45, 2.75) is 43.7 Å². The number of imidazole rings is 1. The topological polar surface area (TPSA) is 55.2 Å². The molecule has 108 valence electrons. The number of alkyl halides is 1. The Morgan fingerprint density at radius 2 is 2.11 bits per heavy atom. The van der Waals surface area contributed by atoms with Gasteiger partial charge in [0.15, 0.2) is 5.03 Å². The van der Waals surface area contributed by atoms with Gasteiger partial charge in [0.05, 0.1) is 0 Å². The van der Waals surface area contributed by atoms with E-state index in [4.69, 9.17) is 11.6 Å². The van der Waals surface area contributed by atoms with E-state index < -0.39 is 10.0 Å². The van der Waals surface area contributed by atoms with Crippen LogP contribution in [0, 0.1) is 6.92 Å². The van der Waals surface area contributed by atoms with Crippen LogP contribution in [0.4, 0.5) is 0 Å². The van der Waals surface area contributed by atoms with Crippen molar-refractivity contribution in [3.8, 4) is 0 Å². The number of hydrogen-bond donors (Lipinski definition) is 0. The van der Waals surface area contributed by atoms with E-state index in [-0.39, 0.29) is 11.1 Å². The first kappa shape index (κ1) is 14.8. The zero-order valence-electron chi connectivity index (χ0n) is 11.3. The van der Waals surface area contributed by atoms with Crippen molar-refractivity contribution in [2.24, 2.45) is 7.05 Å². The Morgan fingerprint density at radius 3 is 2.58 bits per heavy atom. The van der Waals surface area contributed by atoms with Crippen LogP contribution in [0.25, 0.3) is 0 Å². The molecule has 0 aromatic carbocycles. The van der Waals surface area contributed by atoms with Crippen molar-refractivity contribution in [1.82, 2.24) is 13.9 Å². The van der Waals surface area contributed by atoms with Crippen LogP contribution in [-0.4, -0.2) is 40.7 Å². The van der Waals surface area contributed by atoms with E-state index >= 15 is 0 Å². The predicted octanol–water partition coefficient (Wildman–Crippen LogP) is 1.90. The van der Waals surface area contributed by atoms with E-state index in [0.717, 1.165) is 25.7 Å². The summed E-state index contributed by atoms with van der Waals surface area (Å²) < 4.78 is 28.6. The fraction of sp³-hybridized carbons (Fsp3) is 0.750. The third-order valence-electron chi connectivity index (χ3n) is 3.70. The molecule has 0 atom stereocenters. The van der Waals surface area contributed by atoms with E-state index in [0.29, 0.717) is 18.2 Å². The molecule has 5 nitrogen and oxygen atoms in total. The van der Waals surface area contributed by atoms with E-state index in [9.17, 15) is 8.42 Å². The van der Waals surface area contributed by atoms with Gasteiger partial charge in [-0.2, -0.15) is 4.31 Å². The zero-order valence-corrected chi connectivity index (χ0v) is 12.9. The quantitative estimate of drug-likeness (QED) is 0.781. The van der Waals surface area contributed by atoms with E-state index in [2.05, 4.69) is 4.98 Å². The maximum Gasteiger partial charge on any atom is 0.262 e. The maximum atomic E-state index is 12.7. The molecule has 19 heavy (non-hydrogen) atoms. The Hall–Kier alpha value is -0.590. The summed E-state index contributed by atoms with van der Waals surface area (Å²) in [5.41, 5.74) is 0. The average Bonchev–Trinajstić information content (AvgIpc) is 2.97. The summed E-state index contributed by atoms with van der Waals surface area (Å²) in [5, 5.41) is 0.129. The van der Waals surface area contributed by atoms with Crippen LogP contribution in [0.5, 0.6) is 0 Å². The largest absolute Gasteiger partial charge is 0.337 e. The van der Waals surface area contributed by atoms with Crippen LogP contribution in [0.3, 0.4) is 0 Å². The van der Waals surface area contributed by atoms with Gasteiger partial charge in [-0.15, -0.1) is 11.6 Å². The van der Waals surface area contributed by atoms with Crippen LogP contribution in [0.2, 0.25) is 0 Å². The number of sulfonamides is 1. The molecule has 1 saturated carbocycles. The highest BCUT2D eigenvalue weighted by Crippen LogP contribution is 2.28. The van der Waals surface area contributed by atoms with Gasteiger partial charge in [-0.25, -0.2) is 13.4 Å². The van der Waals surface area contributed by atoms with Gasteiger partial charge >= 0.3 is 0 Å². The second kappa shape index (κ2) is 5.81. The molecule has 0 radical (unpaired) electrons. The summed E-state index contributed by atoms with van der Waals surface area (Å²) >= 11 is 5.77. The highest BCUT2D eigenvalue weighted by molar-refractivity contribution is 7.89. The van der Waals surface area contributed by atoms with Crippen LogP contribution in [0.15, 0.2) is 11.2 Å². The van der Waals surface area contributed by atoms with Gasteiger partial charge in [-0.3, -0.25) is 0 Å². The molecule has 1 aliphatic carbocycles. The van der Waals surface area contributed by atoms with Crippen molar-refractivity contribution in [3.05, 3.63) is 12.0 Å². The number of halogens is 1. The third-order valence-corrected chi connectivity index (χ3v) is 5.69. The standard InChI is InChI=1S/C12H20ClN3O2S/c1-10-14-12(9-15(10)2)19(17,18)16(8-7-13)11-5-3-4-6-11/h9,11H,3-8H2,1-2H3. The van der Waals surface area contributed by atoms with Crippen molar-refractivity contribution < 1.29 is 8.42 Å². The summed E-state index contributed by atoms with van der Waals surface area (Å²) in [5.74, 6) is 0.998.